The molecule has 0 aromatic heterocycles. The van der Waals surface area contributed by atoms with Gasteiger partial charge in [-0.2, -0.15) is 0 Å². The van der Waals surface area contributed by atoms with Crippen LogP contribution in [0.3, 0.4) is 0 Å². The van der Waals surface area contributed by atoms with Crippen molar-refractivity contribution in [1.82, 2.24) is 10.2 Å². The van der Waals surface area contributed by atoms with Crippen molar-refractivity contribution in [1.29, 1.82) is 0 Å². The molecule has 1 heterocycles. The molecule has 0 spiro atoms. The van der Waals surface area contributed by atoms with Gasteiger partial charge in [0.1, 0.15) is 0 Å². The Bertz CT molecular complexity index is 230. The molecule has 0 bridgehead atoms. The summed E-state index contributed by atoms with van der Waals surface area (Å²) in [5.41, 5.74) is 0. The van der Waals surface area contributed by atoms with E-state index in [-0.39, 0.29) is 0 Å². The molecule has 0 aromatic rings. The third-order valence-corrected chi connectivity index (χ3v) is 4.16. The Kier molecular flexibility index (Phi) is 4.22. The lowest BCUT2D eigenvalue weighted by Gasteiger charge is -2.27. The van der Waals surface area contributed by atoms with E-state index in [1.807, 2.05) is 11.9 Å². The molecule has 0 unspecified atom stereocenters. The lowest BCUT2D eigenvalue weighted by atomic mass is 9.86. The summed E-state index contributed by atoms with van der Waals surface area (Å²) >= 11 is 0. The smallest absolute Gasteiger partial charge is 0.222 e. The predicted molar refractivity (Wildman–Crippen MR) is 65.2 cm³/mol. The summed E-state index contributed by atoms with van der Waals surface area (Å²) in [6.07, 6.45) is 8.46. The second-order valence-electron chi connectivity index (χ2n) is 5.36. The molecule has 1 saturated heterocycles. The van der Waals surface area contributed by atoms with Gasteiger partial charge in [0.25, 0.3) is 0 Å². The standard InChI is InChI=1S/C13H24N2O/c1-15(12-7-8-14-10-12)13(16)9-11-5-3-2-4-6-11/h11-12,14H,2-10H2,1H3/t12-/m0/s1. The fourth-order valence-corrected chi connectivity index (χ4v) is 2.96. The molecule has 0 aromatic carbocycles. The zero-order chi connectivity index (χ0) is 11.4. The van der Waals surface area contributed by atoms with Crippen LogP contribution in [0.25, 0.3) is 0 Å². The Morgan fingerprint density at radius 3 is 2.62 bits per heavy atom. The highest BCUT2D eigenvalue weighted by Crippen LogP contribution is 2.27. The molecule has 1 amide bonds. The third-order valence-electron chi connectivity index (χ3n) is 4.16. The first-order valence-corrected chi connectivity index (χ1v) is 6.74. The Morgan fingerprint density at radius 2 is 2.00 bits per heavy atom. The number of nitrogens with one attached hydrogen (secondary N) is 1. The van der Waals surface area contributed by atoms with Gasteiger partial charge in [0.15, 0.2) is 0 Å². The zero-order valence-corrected chi connectivity index (χ0v) is 10.4. The van der Waals surface area contributed by atoms with Crippen LogP contribution in [0.15, 0.2) is 0 Å². The molecule has 1 atom stereocenters. The number of likely N-dealkylation sites (N-methyl/N-ethyl adjacent to an activating group) is 1. The van der Waals surface area contributed by atoms with Crippen molar-refractivity contribution in [2.75, 3.05) is 20.1 Å². The van der Waals surface area contributed by atoms with E-state index in [1.165, 1.54) is 32.1 Å². The Morgan fingerprint density at radius 1 is 1.25 bits per heavy atom. The number of rotatable bonds is 3. The van der Waals surface area contributed by atoms with Gasteiger partial charge in [-0.3, -0.25) is 4.79 Å². The highest BCUT2D eigenvalue weighted by atomic mass is 16.2. The molecule has 1 N–H and O–H groups in total. The molecule has 0 radical (unpaired) electrons. The zero-order valence-electron chi connectivity index (χ0n) is 10.4. The van der Waals surface area contributed by atoms with E-state index in [2.05, 4.69) is 5.32 Å². The topological polar surface area (TPSA) is 32.3 Å². The average Bonchev–Trinajstić information content (AvgIpc) is 2.83. The van der Waals surface area contributed by atoms with Crippen molar-refractivity contribution in [3.8, 4) is 0 Å². The van der Waals surface area contributed by atoms with Gasteiger partial charge in [-0.15, -0.1) is 0 Å². The minimum absolute atomic E-state index is 0.362. The first kappa shape index (κ1) is 11.9. The van der Waals surface area contributed by atoms with Crippen LogP contribution >= 0.6 is 0 Å². The molecular formula is C13H24N2O. The van der Waals surface area contributed by atoms with Crippen LogP contribution in [0.2, 0.25) is 0 Å². The first-order valence-electron chi connectivity index (χ1n) is 6.74. The highest BCUT2D eigenvalue weighted by Gasteiger charge is 2.25. The largest absolute Gasteiger partial charge is 0.341 e. The number of carbonyl (C=O) groups excluding carboxylic acids is 1. The minimum atomic E-state index is 0.362. The Hall–Kier alpha value is -0.570. The average molecular weight is 224 g/mol. The highest BCUT2D eigenvalue weighted by molar-refractivity contribution is 5.76. The van der Waals surface area contributed by atoms with Crippen molar-refractivity contribution in [2.45, 2.75) is 51.0 Å². The van der Waals surface area contributed by atoms with E-state index in [1.54, 1.807) is 0 Å². The summed E-state index contributed by atoms with van der Waals surface area (Å²) in [6.45, 7) is 2.04. The van der Waals surface area contributed by atoms with Crippen LogP contribution in [0, 0.1) is 5.92 Å². The van der Waals surface area contributed by atoms with Crippen LogP contribution in [-0.4, -0.2) is 37.0 Å². The minimum Gasteiger partial charge on any atom is -0.341 e. The molecule has 1 aliphatic heterocycles. The van der Waals surface area contributed by atoms with Crippen LogP contribution in [0.5, 0.6) is 0 Å². The maximum atomic E-state index is 12.1. The molecule has 1 aliphatic carbocycles. The fraction of sp³-hybridized carbons (Fsp3) is 0.923. The fourth-order valence-electron chi connectivity index (χ4n) is 2.96. The number of hydrogen-bond acceptors (Lipinski definition) is 2. The number of nitrogens with zero attached hydrogens (tertiary/aromatic N) is 1. The number of hydrogen-bond donors (Lipinski definition) is 1. The molecule has 2 fully saturated rings. The van der Waals surface area contributed by atoms with E-state index < -0.39 is 0 Å². The third kappa shape index (κ3) is 2.97. The van der Waals surface area contributed by atoms with E-state index in [0.717, 1.165) is 25.9 Å². The molecule has 3 nitrogen and oxygen atoms in total. The lowest BCUT2D eigenvalue weighted by Crippen LogP contribution is -2.39. The Labute approximate surface area is 98.6 Å². The van der Waals surface area contributed by atoms with Gasteiger partial charge in [0.2, 0.25) is 5.91 Å². The van der Waals surface area contributed by atoms with Gasteiger partial charge in [-0.25, -0.2) is 0 Å². The van der Waals surface area contributed by atoms with Gasteiger partial charge in [-0.1, -0.05) is 19.3 Å². The molecule has 1 saturated carbocycles. The van der Waals surface area contributed by atoms with Crippen LogP contribution in [0.4, 0.5) is 0 Å². The van der Waals surface area contributed by atoms with Crippen LogP contribution in [-0.2, 0) is 4.79 Å². The first-order chi connectivity index (χ1) is 7.77. The molecule has 92 valence electrons. The monoisotopic (exact) mass is 224 g/mol. The number of carbonyl (C=O) groups is 1. The summed E-state index contributed by atoms with van der Waals surface area (Å²) in [6, 6.07) is 0.441. The summed E-state index contributed by atoms with van der Waals surface area (Å²) in [4.78, 5) is 14.1. The van der Waals surface area contributed by atoms with E-state index in [4.69, 9.17) is 0 Å². The van der Waals surface area contributed by atoms with E-state index >= 15 is 0 Å². The summed E-state index contributed by atoms with van der Waals surface area (Å²) in [5.74, 6) is 1.03. The summed E-state index contributed by atoms with van der Waals surface area (Å²) in [7, 11) is 1.98. The molecular weight excluding hydrogens is 200 g/mol. The quantitative estimate of drug-likeness (QED) is 0.792. The maximum Gasteiger partial charge on any atom is 0.222 e. The summed E-state index contributed by atoms with van der Waals surface area (Å²) in [5, 5.41) is 3.32. The van der Waals surface area contributed by atoms with Gasteiger partial charge >= 0.3 is 0 Å². The van der Waals surface area contributed by atoms with E-state index in [9.17, 15) is 4.79 Å². The molecule has 16 heavy (non-hydrogen) atoms. The van der Waals surface area contributed by atoms with Crippen molar-refractivity contribution in [3.63, 3.8) is 0 Å². The second kappa shape index (κ2) is 5.67. The molecule has 2 rings (SSSR count). The van der Waals surface area contributed by atoms with Crippen LogP contribution in [0.1, 0.15) is 44.9 Å². The van der Waals surface area contributed by atoms with Crippen LogP contribution < -0.4 is 5.32 Å². The van der Waals surface area contributed by atoms with Crippen molar-refractivity contribution >= 4 is 5.91 Å². The second-order valence-corrected chi connectivity index (χ2v) is 5.36. The van der Waals surface area contributed by atoms with Gasteiger partial charge in [0.05, 0.1) is 0 Å². The normalized spacial score (nSPS) is 26.9. The van der Waals surface area contributed by atoms with Gasteiger partial charge < -0.3 is 10.2 Å². The number of amides is 1. The van der Waals surface area contributed by atoms with Crippen molar-refractivity contribution in [3.05, 3.63) is 0 Å². The van der Waals surface area contributed by atoms with Crippen molar-refractivity contribution < 1.29 is 4.79 Å². The van der Waals surface area contributed by atoms with Crippen molar-refractivity contribution in [2.24, 2.45) is 5.92 Å². The molecule has 3 heteroatoms. The van der Waals surface area contributed by atoms with E-state index in [0.29, 0.717) is 17.9 Å². The SMILES string of the molecule is CN(C(=O)CC1CCCCC1)[C@H]1CCNC1. The van der Waals surface area contributed by atoms with Gasteiger partial charge in [0, 0.05) is 26.1 Å². The lowest BCUT2D eigenvalue weighted by molar-refractivity contribution is -0.132. The maximum absolute atomic E-state index is 12.1. The predicted octanol–water partition coefficient (Wildman–Crippen LogP) is 1.78. The summed E-state index contributed by atoms with van der Waals surface area (Å²) < 4.78 is 0. The Balaban J connectivity index is 1.77. The molecule has 2 aliphatic rings. The van der Waals surface area contributed by atoms with Gasteiger partial charge in [-0.05, 0) is 31.7 Å².